The van der Waals surface area contributed by atoms with Crippen molar-refractivity contribution < 1.29 is 4.74 Å². The van der Waals surface area contributed by atoms with Crippen molar-refractivity contribution in [2.24, 2.45) is 5.92 Å². The van der Waals surface area contributed by atoms with Gasteiger partial charge < -0.3 is 10.1 Å². The maximum atomic E-state index is 5.78. The highest BCUT2D eigenvalue weighted by Gasteiger charge is 2.37. The second-order valence-corrected chi connectivity index (χ2v) is 5.82. The molecule has 17 heavy (non-hydrogen) atoms. The molecule has 0 bridgehead atoms. The third-order valence-corrected chi connectivity index (χ3v) is 4.31. The number of aromatic nitrogens is 1. The van der Waals surface area contributed by atoms with Crippen molar-refractivity contribution in [1.82, 2.24) is 4.98 Å². The van der Waals surface area contributed by atoms with E-state index in [4.69, 9.17) is 4.74 Å². The molecule has 1 N–H and O–H groups in total. The van der Waals surface area contributed by atoms with Crippen LogP contribution < -0.4 is 5.32 Å². The molecule has 0 radical (unpaired) electrons. The van der Waals surface area contributed by atoms with Crippen molar-refractivity contribution in [3.63, 3.8) is 0 Å². The van der Waals surface area contributed by atoms with E-state index < -0.39 is 0 Å². The smallest absolute Gasteiger partial charge is 0.126 e. The van der Waals surface area contributed by atoms with Crippen LogP contribution in [0.15, 0.2) is 22.8 Å². The van der Waals surface area contributed by atoms with E-state index in [9.17, 15) is 0 Å². The van der Waals surface area contributed by atoms with E-state index in [2.05, 4.69) is 26.2 Å². The molecule has 1 aromatic heterocycles. The van der Waals surface area contributed by atoms with Crippen molar-refractivity contribution in [2.75, 3.05) is 11.9 Å². The molecule has 92 valence electrons. The van der Waals surface area contributed by atoms with Gasteiger partial charge in [-0.15, -0.1) is 0 Å². The molecule has 3 unspecified atom stereocenters. The van der Waals surface area contributed by atoms with Crippen LogP contribution in [-0.4, -0.2) is 23.7 Å². The van der Waals surface area contributed by atoms with Gasteiger partial charge in [0.2, 0.25) is 0 Å². The van der Waals surface area contributed by atoms with Crippen LogP contribution in [0.2, 0.25) is 0 Å². The molecule has 2 fully saturated rings. The number of rotatable bonds is 2. The predicted octanol–water partition coefficient (Wildman–Crippen LogP) is 3.21. The molecular formula is C13H17BrN2O. The highest BCUT2D eigenvalue weighted by Crippen LogP contribution is 2.35. The fraction of sp³-hybridized carbons (Fsp3) is 0.615. The molecule has 1 saturated heterocycles. The van der Waals surface area contributed by atoms with Crippen LogP contribution >= 0.6 is 15.9 Å². The maximum Gasteiger partial charge on any atom is 0.126 e. The molecule has 3 nitrogen and oxygen atoms in total. The van der Waals surface area contributed by atoms with Crippen LogP contribution in [0.4, 0.5) is 5.82 Å². The molecule has 1 aliphatic carbocycles. The molecule has 1 aromatic rings. The summed E-state index contributed by atoms with van der Waals surface area (Å²) in [5.74, 6) is 1.65. The zero-order valence-electron chi connectivity index (χ0n) is 9.73. The van der Waals surface area contributed by atoms with E-state index in [1.165, 1.54) is 25.7 Å². The Morgan fingerprint density at radius 1 is 1.29 bits per heavy atom. The Balaban J connectivity index is 1.69. The minimum absolute atomic E-state index is 0.483. The molecule has 1 aliphatic heterocycles. The van der Waals surface area contributed by atoms with Crippen LogP contribution in [0.1, 0.15) is 25.7 Å². The summed E-state index contributed by atoms with van der Waals surface area (Å²) in [4.78, 5) is 4.39. The summed E-state index contributed by atoms with van der Waals surface area (Å²) in [7, 11) is 0. The number of fused-ring (bicyclic) bond motifs is 1. The normalized spacial score (nSPS) is 32.2. The number of hydrogen-bond acceptors (Lipinski definition) is 3. The predicted molar refractivity (Wildman–Crippen MR) is 71.0 cm³/mol. The van der Waals surface area contributed by atoms with E-state index >= 15 is 0 Å². The monoisotopic (exact) mass is 296 g/mol. The third-order valence-electron chi connectivity index (χ3n) is 3.84. The molecule has 0 aromatic carbocycles. The zero-order chi connectivity index (χ0) is 11.7. The van der Waals surface area contributed by atoms with E-state index in [-0.39, 0.29) is 0 Å². The highest BCUT2D eigenvalue weighted by atomic mass is 79.9. The van der Waals surface area contributed by atoms with Crippen LogP contribution in [0.3, 0.4) is 0 Å². The molecule has 3 atom stereocenters. The van der Waals surface area contributed by atoms with Gasteiger partial charge in [0, 0.05) is 29.2 Å². The Morgan fingerprint density at radius 2 is 2.24 bits per heavy atom. The van der Waals surface area contributed by atoms with Gasteiger partial charge in [0.15, 0.2) is 0 Å². The Hall–Kier alpha value is -0.610. The summed E-state index contributed by atoms with van der Waals surface area (Å²) in [6, 6.07) is 4.59. The lowest BCUT2D eigenvalue weighted by atomic mass is 9.82. The minimum Gasteiger partial charge on any atom is -0.378 e. The van der Waals surface area contributed by atoms with Gasteiger partial charge in [0.25, 0.3) is 0 Å². The second-order valence-electron chi connectivity index (χ2n) is 4.91. The molecule has 0 spiro atoms. The van der Waals surface area contributed by atoms with Crippen molar-refractivity contribution in [3.05, 3.63) is 22.8 Å². The summed E-state index contributed by atoms with van der Waals surface area (Å²) >= 11 is 3.41. The molecule has 2 aliphatic rings. The van der Waals surface area contributed by atoms with Crippen LogP contribution in [-0.2, 0) is 4.74 Å². The lowest BCUT2D eigenvalue weighted by molar-refractivity contribution is 0.0619. The Labute approximate surface area is 110 Å². The average Bonchev–Trinajstić information content (AvgIpc) is 2.81. The summed E-state index contributed by atoms with van der Waals surface area (Å²) < 4.78 is 6.80. The lowest BCUT2D eigenvalue weighted by Gasteiger charge is -2.33. The first kappa shape index (κ1) is 11.5. The van der Waals surface area contributed by atoms with Crippen molar-refractivity contribution in [3.8, 4) is 0 Å². The number of halogens is 1. The first-order valence-corrected chi connectivity index (χ1v) is 7.12. The van der Waals surface area contributed by atoms with Crippen LogP contribution in [0.5, 0.6) is 0 Å². The third kappa shape index (κ3) is 2.47. The Kier molecular flexibility index (Phi) is 3.34. The number of anilines is 1. The fourth-order valence-corrected chi connectivity index (χ4v) is 3.24. The number of nitrogens with one attached hydrogen (secondary N) is 1. The summed E-state index contributed by atoms with van der Waals surface area (Å²) in [5.41, 5.74) is 0. The van der Waals surface area contributed by atoms with Gasteiger partial charge in [0.1, 0.15) is 5.82 Å². The van der Waals surface area contributed by atoms with E-state index in [1.54, 1.807) is 0 Å². The molecule has 0 amide bonds. The first-order valence-electron chi connectivity index (χ1n) is 6.32. The van der Waals surface area contributed by atoms with Crippen molar-refractivity contribution in [2.45, 2.75) is 37.8 Å². The van der Waals surface area contributed by atoms with Gasteiger partial charge in [-0.25, -0.2) is 4.98 Å². The van der Waals surface area contributed by atoms with E-state index in [0.717, 1.165) is 16.9 Å². The number of ether oxygens (including phenoxy) is 1. The zero-order valence-corrected chi connectivity index (χ0v) is 11.3. The molecular weight excluding hydrogens is 280 g/mol. The summed E-state index contributed by atoms with van der Waals surface area (Å²) in [5, 5.41) is 3.57. The number of hydrogen-bond donors (Lipinski definition) is 1. The standard InChI is InChI=1S/C13H17BrN2O/c14-9-4-5-13(15-8-9)16-11-2-1-3-12-10(11)6-7-17-12/h4-5,8,10-12H,1-3,6-7H2,(H,15,16). The second kappa shape index (κ2) is 4.94. The Morgan fingerprint density at radius 3 is 3.06 bits per heavy atom. The van der Waals surface area contributed by atoms with Crippen LogP contribution in [0.25, 0.3) is 0 Å². The van der Waals surface area contributed by atoms with Gasteiger partial charge in [-0.1, -0.05) is 0 Å². The van der Waals surface area contributed by atoms with Crippen molar-refractivity contribution >= 4 is 21.7 Å². The molecule has 3 rings (SSSR count). The number of pyridine rings is 1. The van der Waals surface area contributed by atoms with Gasteiger partial charge in [-0.2, -0.15) is 0 Å². The molecule has 4 heteroatoms. The largest absolute Gasteiger partial charge is 0.378 e. The topological polar surface area (TPSA) is 34.1 Å². The van der Waals surface area contributed by atoms with E-state index in [1.807, 2.05) is 18.3 Å². The van der Waals surface area contributed by atoms with Gasteiger partial charge in [-0.3, -0.25) is 0 Å². The highest BCUT2D eigenvalue weighted by molar-refractivity contribution is 9.10. The quantitative estimate of drug-likeness (QED) is 0.910. The average molecular weight is 297 g/mol. The minimum atomic E-state index is 0.483. The molecule has 2 heterocycles. The van der Waals surface area contributed by atoms with Gasteiger partial charge >= 0.3 is 0 Å². The van der Waals surface area contributed by atoms with E-state index in [0.29, 0.717) is 18.1 Å². The molecule has 1 saturated carbocycles. The van der Waals surface area contributed by atoms with Crippen LogP contribution in [0, 0.1) is 5.92 Å². The number of nitrogens with zero attached hydrogens (tertiary/aromatic N) is 1. The first-order chi connectivity index (χ1) is 8.33. The van der Waals surface area contributed by atoms with Crippen molar-refractivity contribution in [1.29, 1.82) is 0 Å². The maximum absolute atomic E-state index is 5.78. The summed E-state index contributed by atoms with van der Waals surface area (Å²) in [6.45, 7) is 0.932. The Bertz CT molecular complexity index is 382. The SMILES string of the molecule is Brc1ccc(NC2CCCC3OCCC23)nc1. The van der Waals surface area contributed by atoms with Gasteiger partial charge in [-0.05, 0) is 53.7 Å². The fourth-order valence-electron chi connectivity index (χ4n) is 3.01. The van der Waals surface area contributed by atoms with Gasteiger partial charge in [0.05, 0.1) is 6.10 Å². The lowest BCUT2D eigenvalue weighted by Crippen LogP contribution is -2.38. The summed E-state index contributed by atoms with van der Waals surface area (Å²) in [6.07, 6.45) is 7.25.